The van der Waals surface area contributed by atoms with Gasteiger partial charge in [0, 0.05) is 44.5 Å². The van der Waals surface area contributed by atoms with E-state index in [0.717, 1.165) is 0 Å². The molecule has 6 heteroatoms. The molecule has 0 radical (unpaired) electrons. The van der Waals surface area contributed by atoms with Crippen molar-refractivity contribution in [1.29, 1.82) is 0 Å². The van der Waals surface area contributed by atoms with Gasteiger partial charge in [-0.3, -0.25) is 28.8 Å². The Morgan fingerprint density at radius 2 is 0.667 bits per heavy atom. The molecule has 0 atom stereocenters. The third-order valence-corrected chi connectivity index (χ3v) is 7.59. The second kappa shape index (κ2) is 10.7. The normalized spacial score (nSPS) is 14.6. The SMILES string of the molecule is O=C(C1=C(CCC2=C(C(=O)c3ccccc3)C(=O)c3ccccc3C2=O)C(=O)c2ccccc2C1=O)c1ccccc1. The van der Waals surface area contributed by atoms with Crippen LogP contribution in [-0.2, 0) is 0 Å². The van der Waals surface area contributed by atoms with Crippen molar-refractivity contribution in [2.24, 2.45) is 0 Å². The number of allylic oxidation sites excluding steroid dienone is 4. The van der Waals surface area contributed by atoms with E-state index in [4.69, 9.17) is 0 Å². The third-order valence-electron chi connectivity index (χ3n) is 7.59. The molecule has 2 aliphatic carbocycles. The number of Topliss-reactive ketones (excluding diaryl/α,β-unsaturated/α-hetero) is 6. The summed E-state index contributed by atoms with van der Waals surface area (Å²) >= 11 is 0. The van der Waals surface area contributed by atoms with Crippen molar-refractivity contribution in [3.63, 3.8) is 0 Å². The van der Waals surface area contributed by atoms with Crippen LogP contribution in [0.1, 0.15) is 75.0 Å². The highest BCUT2D eigenvalue weighted by Crippen LogP contribution is 2.35. The van der Waals surface area contributed by atoms with Crippen LogP contribution in [0.25, 0.3) is 0 Å². The molecule has 0 saturated carbocycles. The number of fused-ring (bicyclic) bond motifs is 2. The van der Waals surface area contributed by atoms with Crippen LogP contribution in [0, 0.1) is 0 Å². The van der Waals surface area contributed by atoms with E-state index >= 15 is 0 Å². The van der Waals surface area contributed by atoms with Gasteiger partial charge in [-0.15, -0.1) is 0 Å². The molecule has 202 valence electrons. The Hall–Kier alpha value is -5.62. The summed E-state index contributed by atoms with van der Waals surface area (Å²) in [5, 5.41) is 0. The number of rotatable bonds is 7. The molecular formula is C36H22O6. The Morgan fingerprint density at radius 3 is 1.00 bits per heavy atom. The standard InChI is InChI=1S/C36H22O6/c37-31(21-11-3-1-4-12-21)29-27(33(39)23-15-7-9-17-25(23)35(29)41)19-20-28-30(32(38)22-13-5-2-6-14-22)36(42)26-18-10-8-16-24(26)34(28)40/h1-18H,19-20H2. The number of ketones is 6. The Kier molecular flexibility index (Phi) is 6.80. The third kappa shape index (κ3) is 4.39. The first-order chi connectivity index (χ1) is 20.4. The zero-order valence-corrected chi connectivity index (χ0v) is 22.3. The van der Waals surface area contributed by atoms with E-state index in [1.165, 1.54) is 24.3 Å². The van der Waals surface area contributed by atoms with E-state index in [1.807, 2.05) is 0 Å². The summed E-state index contributed by atoms with van der Waals surface area (Å²) < 4.78 is 0. The van der Waals surface area contributed by atoms with E-state index < -0.39 is 34.7 Å². The summed E-state index contributed by atoms with van der Waals surface area (Å²) in [4.78, 5) is 82.1. The van der Waals surface area contributed by atoms with Crippen molar-refractivity contribution in [3.8, 4) is 0 Å². The molecule has 4 aromatic carbocycles. The fraction of sp³-hybridized carbons (Fsp3) is 0.0556. The van der Waals surface area contributed by atoms with Gasteiger partial charge in [0.05, 0.1) is 11.1 Å². The van der Waals surface area contributed by atoms with E-state index in [9.17, 15) is 28.8 Å². The van der Waals surface area contributed by atoms with Crippen molar-refractivity contribution in [1.82, 2.24) is 0 Å². The topological polar surface area (TPSA) is 102 Å². The average Bonchev–Trinajstić information content (AvgIpc) is 3.04. The second-order valence-corrected chi connectivity index (χ2v) is 10.0. The second-order valence-electron chi connectivity index (χ2n) is 10.0. The van der Waals surface area contributed by atoms with E-state index in [2.05, 4.69) is 0 Å². The van der Waals surface area contributed by atoms with Crippen molar-refractivity contribution >= 4 is 34.7 Å². The van der Waals surface area contributed by atoms with Gasteiger partial charge in [-0.05, 0) is 12.8 Å². The molecule has 0 bridgehead atoms. The van der Waals surface area contributed by atoms with Crippen LogP contribution in [0.2, 0.25) is 0 Å². The first kappa shape index (κ1) is 26.6. The van der Waals surface area contributed by atoms with Crippen LogP contribution in [0.5, 0.6) is 0 Å². The zero-order valence-electron chi connectivity index (χ0n) is 22.3. The quantitative estimate of drug-likeness (QED) is 0.198. The van der Waals surface area contributed by atoms with Gasteiger partial charge in [0.2, 0.25) is 0 Å². The van der Waals surface area contributed by atoms with Crippen molar-refractivity contribution in [2.45, 2.75) is 12.8 Å². The lowest BCUT2D eigenvalue weighted by Crippen LogP contribution is -2.29. The van der Waals surface area contributed by atoms with Gasteiger partial charge in [-0.2, -0.15) is 0 Å². The molecule has 0 fully saturated rings. The number of hydrogen-bond donors (Lipinski definition) is 0. The minimum Gasteiger partial charge on any atom is -0.289 e. The van der Waals surface area contributed by atoms with Gasteiger partial charge in [0.25, 0.3) is 0 Å². The van der Waals surface area contributed by atoms with Crippen LogP contribution in [0.4, 0.5) is 0 Å². The van der Waals surface area contributed by atoms with E-state index in [1.54, 1.807) is 84.9 Å². The molecule has 6 rings (SSSR count). The van der Waals surface area contributed by atoms with Crippen LogP contribution >= 0.6 is 0 Å². The zero-order chi connectivity index (χ0) is 29.4. The Morgan fingerprint density at radius 1 is 0.381 bits per heavy atom. The van der Waals surface area contributed by atoms with Gasteiger partial charge in [-0.1, -0.05) is 109 Å². The molecule has 0 amide bonds. The van der Waals surface area contributed by atoms with Gasteiger partial charge >= 0.3 is 0 Å². The largest absolute Gasteiger partial charge is 0.289 e. The minimum atomic E-state index is -0.607. The Bertz CT molecular complexity index is 1770. The lowest BCUT2D eigenvalue weighted by molar-refractivity contribution is 0.0916. The number of carbonyl (C=O) groups is 6. The van der Waals surface area contributed by atoms with Gasteiger partial charge in [0.1, 0.15) is 0 Å². The van der Waals surface area contributed by atoms with Crippen LogP contribution < -0.4 is 0 Å². The van der Waals surface area contributed by atoms with Crippen molar-refractivity contribution < 1.29 is 28.8 Å². The minimum absolute atomic E-state index is 0.0503. The van der Waals surface area contributed by atoms with Crippen LogP contribution in [-0.4, -0.2) is 34.7 Å². The molecule has 42 heavy (non-hydrogen) atoms. The number of carbonyl (C=O) groups excluding carboxylic acids is 6. The summed E-state index contributed by atoms with van der Waals surface area (Å²) in [5.74, 6) is -3.39. The van der Waals surface area contributed by atoms with E-state index in [-0.39, 0.29) is 68.5 Å². The highest BCUT2D eigenvalue weighted by molar-refractivity contribution is 6.40. The maximum atomic E-state index is 13.8. The Balaban J connectivity index is 1.48. The highest BCUT2D eigenvalue weighted by Gasteiger charge is 2.39. The first-order valence-corrected chi connectivity index (χ1v) is 13.4. The van der Waals surface area contributed by atoms with Gasteiger partial charge < -0.3 is 0 Å². The molecule has 0 spiro atoms. The summed E-state index contributed by atoms with van der Waals surface area (Å²) in [6, 6.07) is 28.9. The summed E-state index contributed by atoms with van der Waals surface area (Å²) in [7, 11) is 0. The fourth-order valence-corrected chi connectivity index (χ4v) is 5.53. The van der Waals surface area contributed by atoms with Gasteiger partial charge in [-0.25, -0.2) is 0 Å². The van der Waals surface area contributed by atoms with Crippen molar-refractivity contribution in [2.75, 3.05) is 0 Å². The van der Waals surface area contributed by atoms with E-state index in [0.29, 0.717) is 0 Å². The lowest BCUT2D eigenvalue weighted by atomic mass is 9.76. The molecule has 0 heterocycles. The average molecular weight is 551 g/mol. The molecule has 0 aliphatic heterocycles. The van der Waals surface area contributed by atoms with Crippen LogP contribution in [0.15, 0.2) is 131 Å². The fourth-order valence-electron chi connectivity index (χ4n) is 5.53. The van der Waals surface area contributed by atoms with Gasteiger partial charge in [0.15, 0.2) is 34.7 Å². The Labute approximate surface area is 241 Å². The predicted octanol–water partition coefficient (Wildman–Crippen LogP) is 6.28. The van der Waals surface area contributed by atoms with Crippen LogP contribution in [0.3, 0.4) is 0 Å². The summed E-state index contributed by atoms with van der Waals surface area (Å²) in [5.41, 5.74) is 0.417. The smallest absolute Gasteiger partial charge is 0.198 e. The number of hydrogen-bond acceptors (Lipinski definition) is 6. The lowest BCUT2D eigenvalue weighted by Gasteiger charge is -2.23. The first-order valence-electron chi connectivity index (χ1n) is 13.4. The molecule has 0 aromatic heterocycles. The van der Waals surface area contributed by atoms with Crippen molar-refractivity contribution in [3.05, 3.63) is 165 Å². The molecule has 2 aliphatic rings. The molecule has 4 aromatic rings. The highest BCUT2D eigenvalue weighted by atomic mass is 16.2. The maximum Gasteiger partial charge on any atom is 0.198 e. The molecule has 0 unspecified atom stereocenters. The molecule has 6 nitrogen and oxygen atoms in total. The monoisotopic (exact) mass is 550 g/mol. The maximum absolute atomic E-state index is 13.8. The number of benzene rings is 4. The molecule has 0 N–H and O–H groups in total. The summed E-state index contributed by atoms with van der Waals surface area (Å²) in [6.07, 6.45) is -0.399. The molecular weight excluding hydrogens is 528 g/mol. The summed E-state index contributed by atoms with van der Waals surface area (Å²) in [6.45, 7) is 0. The predicted molar refractivity (Wildman–Crippen MR) is 155 cm³/mol. The molecule has 0 saturated heterocycles.